The van der Waals surface area contributed by atoms with Crippen LogP contribution < -0.4 is 0 Å². The van der Waals surface area contributed by atoms with Crippen molar-refractivity contribution in [2.24, 2.45) is 22.7 Å². The zero-order chi connectivity index (χ0) is 18.4. The largest absolute Gasteiger partial charge is 0.504 e. The van der Waals surface area contributed by atoms with Crippen LogP contribution in [-0.4, -0.2) is 34.0 Å². The van der Waals surface area contributed by atoms with Crippen LogP contribution in [0, 0.1) is 22.7 Å². The van der Waals surface area contributed by atoms with Crippen molar-refractivity contribution in [3.05, 3.63) is 35.8 Å². The predicted octanol–water partition coefficient (Wildman–Crippen LogP) is 3.00. The maximum absolute atomic E-state index is 11.7. The average molecular weight is 348 g/mol. The third-order valence-corrected chi connectivity index (χ3v) is 7.02. The smallest absolute Gasteiger partial charge is 0.346 e. The van der Waals surface area contributed by atoms with Crippen LogP contribution in [0.1, 0.15) is 46.0 Å². The lowest BCUT2D eigenvalue weighted by Crippen LogP contribution is -2.57. The fourth-order valence-electron chi connectivity index (χ4n) is 5.40. The molecule has 0 aromatic rings. The van der Waals surface area contributed by atoms with Gasteiger partial charge in [-0.05, 0) is 49.4 Å². The summed E-state index contributed by atoms with van der Waals surface area (Å²) in [7, 11) is 0. The second-order valence-electron chi connectivity index (χ2n) is 8.29. The standard InChI is InChI=1S/C20H28O5/c1-12-4-7-16-19(2,9-8-17(23)20(16,3)11-21)14(12)6-5-13-15(22)10-25-18(13)24/h5,10,14,16-17,21-23H,1,4,6-9,11H2,2-3H3. The summed E-state index contributed by atoms with van der Waals surface area (Å²) in [4.78, 5) is 11.7. The van der Waals surface area contributed by atoms with Crippen molar-refractivity contribution in [1.82, 2.24) is 0 Å². The number of hydrogen-bond acceptors (Lipinski definition) is 5. The number of rotatable bonds is 3. The van der Waals surface area contributed by atoms with Gasteiger partial charge in [-0.3, -0.25) is 0 Å². The highest BCUT2D eigenvalue weighted by Gasteiger charge is 2.57. The number of carbonyl (C=O) groups excluding carboxylic acids is 1. The average Bonchev–Trinajstić information content (AvgIpc) is 2.89. The Labute approximate surface area is 148 Å². The Morgan fingerprint density at radius 3 is 2.72 bits per heavy atom. The number of hydrogen-bond donors (Lipinski definition) is 3. The molecular weight excluding hydrogens is 320 g/mol. The molecule has 0 amide bonds. The van der Waals surface area contributed by atoms with Crippen molar-refractivity contribution in [2.45, 2.75) is 52.1 Å². The van der Waals surface area contributed by atoms with Gasteiger partial charge >= 0.3 is 5.97 Å². The highest BCUT2D eigenvalue weighted by atomic mass is 16.5. The van der Waals surface area contributed by atoms with E-state index in [1.54, 1.807) is 6.08 Å². The molecule has 0 radical (unpaired) electrons. The molecule has 25 heavy (non-hydrogen) atoms. The van der Waals surface area contributed by atoms with Gasteiger partial charge in [-0.15, -0.1) is 0 Å². The zero-order valence-corrected chi connectivity index (χ0v) is 15.0. The summed E-state index contributed by atoms with van der Waals surface area (Å²) in [5, 5.41) is 30.3. The van der Waals surface area contributed by atoms with Crippen LogP contribution >= 0.6 is 0 Å². The summed E-state index contributed by atoms with van der Waals surface area (Å²) in [6, 6.07) is 0. The Kier molecular flexibility index (Phi) is 4.58. The number of fused-ring (bicyclic) bond motifs is 1. The van der Waals surface area contributed by atoms with Gasteiger partial charge in [-0.2, -0.15) is 0 Å². The maximum atomic E-state index is 11.7. The van der Waals surface area contributed by atoms with E-state index in [1.807, 2.05) is 6.92 Å². The molecule has 2 aliphatic carbocycles. The van der Waals surface area contributed by atoms with Crippen molar-refractivity contribution in [3.8, 4) is 0 Å². The van der Waals surface area contributed by atoms with Gasteiger partial charge in [-0.1, -0.05) is 32.1 Å². The van der Waals surface area contributed by atoms with E-state index in [0.717, 1.165) is 31.1 Å². The molecule has 3 aliphatic rings. The highest BCUT2D eigenvalue weighted by Crippen LogP contribution is 2.61. The number of allylic oxidation sites excluding steroid dienone is 2. The molecule has 1 aliphatic heterocycles. The first-order chi connectivity index (χ1) is 11.7. The minimum atomic E-state index is -0.528. The topological polar surface area (TPSA) is 87.0 Å². The maximum Gasteiger partial charge on any atom is 0.346 e. The molecule has 0 aromatic heterocycles. The zero-order valence-electron chi connectivity index (χ0n) is 15.0. The molecule has 0 saturated heterocycles. The minimum Gasteiger partial charge on any atom is -0.504 e. The first-order valence-electron chi connectivity index (χ1n) is 9.01. The van der Waals surface area contributed by atoms with E-state index in [-0.39, 0.29) is 35.2 Å². The molecule has 2 fully saturated rings. The van der Waals surface area contributed by atoms with E-state index in [9.17, 15) is 20.1 Å². The highest BCUT2D eigenvalue weighted by molar-refractivity contribution is 5.95. The lowest BCUT2D eigenvalue weighted by Gasteiger charge is -2.59. The quantitative estimate of drug-likeness (QED) is 0.415. The van der Waals surface area contributed by atoms with Gasteiger partial charge in [0.25, 0.3) is 0 Å². The van der Waals surface area contributed by atoms with Gasteiger partial charge in [0.2, 0.25) is 0 Å². The fourth-order valence-corrected chi connectivity index (χ4v) is 5.40. The molecule has 5 nitrogen and oxygen atoms in total. The van der Waals surface area contributed by atoms with E-state index >= 15 is 0 Å². The van der Waals surface area contributed by atoms with E-state index < -0.39 is 17.5 Å². The molecule has 5 unspecified atom stereocenters. The van der Waals surface area contributed by atoms with E-state index in [0.29, 0.717) is 12.8 Å². The second-order valence-corrected chi connectivity index (χ2v) is 8.29. The second kappa shape index (κ2) is 6.29. The van der Waals surface area contributed by atoms with Gasteiger partial charge in [0.15, 0.2) is 5.76 Å². The SMILES string of the molecule is C=C1CCC2C(C)(CO)C(O)CCC2(C)C1CC=C1C(=O)OC=C1O. The number of cyclic esters (lactones) is 1. The van der Waals surface area contributed by atoms with Crippen molar-refractivity contribution in [3.63, 3.8) is 0 Å². The van der Waals surface area contributed by atoms with Crippen LogP contribution in [0.2, 0.25) is 0 Å². The lowest BCUT2D eigenvalue weighted by molar-refractivity contribution is -0.151. The molecule has 2 saturated carbocycles. The Hall–Kier alpha value is -1.59. The lowest BCUT2D eigenvalue weighted by atomic mass is 9.46. The van der Waals surface area contributed by atoms with Gasteiger partial charge in [0.1, 0.15) is 11.8 Å². The first kappa shape index (κ1) is 18.2. The summed E-state index contributed by atoms with van der Waals surface area (Å²) in [5.74, 6) is -0.340. The number of aliphatic hydroxyl groups is 3. The Bertz CT molecular complexity index is 648. The predicted molar refractivity (Wildman–Crippen MR) is 93.4 cm³/mol. The molecule has 1 heterocycles. The summed E-state index contributed by atoms with van der Waals surface area (Å²) >= 11 is 0. The number of aliphatic hydroxyl groups excluding tert-OH is 3. The summed E-state index contributed by atoms with van der Waals surface area (Å²) in [5.41, 5.74) is 0.722. The fraction of sp³-hybridized carbons (Fsp3) is 0.650. The Balaban J connectivity index is 1.91. The van der Waals surface area contributed by atoms with E-state index in [1.165, 1.54) is 0 Å². The Morgan fingerprint density at radius 2 is 2.12 bits per heavy atom. The van der Waals surface area contributed by atoms with Crippen LogP contribution in [-0.2, 0) is 9.53 Å². The van der Waals surface area contributed by atoms with Gasteiger partial charge < -0.3 is 20.1 Å². The summed E-state index contributed by atoms with van der Waals surface area (Å²) in [6.45, 7) is 8.42. The van der Waals surface area contributed by atoms with Crippen LogP contribution in [0.4, 0.5) is 0 Å². The van der Waals surface area contributed by atoms with Gasteiger partial charge in [0, 0.05) is 5.41 Å². The number of carbonyl (C=O) groups is 1. The van der Waals surface area contributed by atoms with Crippen LogP contribution in [0.5, 0.6) is 0 Å². The molecule has 138 valence electrons. The van der Waals surface area contributed by atoms with E-state index in [4.69, 9.17) is 4.74 Å². The van der Waals surface area contributed by atoms with Crippen molar-refractivity contribution < 1.29 is 24.9 Å². The third kappa shape index (κ3) is 2.74. The van der Waals surface area contributed by atoms with Gasteiger partial charge in [0.05, 0.1) is 12.7 Å². The van der Waals surface area contributed by atoms with Crippen molar-refractivity contribution in [1.29, 1.82) is 0 Å². The molecule has 0 aromatic carbocycles. The van der Waals surface area contributed by atoms with Gasteiger partial charge in [-0.25, -0.2) is 4.79 Å². The molecule has 3 N–H and O–H groups in total. The normalized spacial score (nSPS) is 43.0. The van der Waals surface area contributed by atoms with Crippen molar-refractivity contribution >= 4 is 5.97 Å². The van der Waals surface area contributed by atoms with Crippen LogP contribution in [0.15, 0.2) is 35.8 Å². The molecule has 0 bridgehead atoms. The van der Waals surface area contributed by atoms with Crippen LogP contribution in [0.25, 0.3) is 0 Å². The number of ether oxygens (including phenoxy) is 1. The van der Waals surface area contributed by atoms with Crippen molar-refractivity contribution in [2.75, 3.05) is 6.61 Å². The third-order valence-electron chi connectivity index (χ3n) is 7.02. The molecule has 5 heteroatoms. The first-order valence-corrected chi connectivity index (χ1v) is 9.01. The Morgan fingerprint density at radius 1 is 1.40 bits per heavy atom. The molecule has 5 atom stereocenters. The van der Waals surface area contributed by atoms with Crippen LogP contribution in [0.3, 0.4) is 0 Å². The number of esters is 1. The minimum absolute atomic E-state index is 0.0371. The molecule has 0 spiro atoms. The monoisotopic (exact) mass is 348 g/mol. The molecule has 3 rings (SSSR count). The molecular formula is C20H28O5. The summed E-state index contributed by atoms with van der Waals surface area (Å²) < 4.78 is 4.73. The van der Waals surface area contributed by atoms with E-state index in [2.05, 4.69) is 13.5 Å². The summed E-state index contributed by atoms with van der Waals surface area (Å²) in [6.07, 6.45) is 6.15.